The Labute approximate surface area is 195 Å². The van der Waals surface area contributed by atoms with Crippen LogP contribution in [0.3, 0.4) is 0 Å². The largest absolute Gasteiger partial charge is 0.361 e. The van der Waals surface area contributed by atoms with Crippen LogP contribution in [0.1, 0.15) is 27.3 Å². The molecule has 1 saturated heterocycles. The molecule has 1 aliphatic rings. The first-order chi connectivity index (χ1) is 16.3. The number of imide groups is 1. The van der Waals surface area contributed by atoms with E-state index in [9.17, 15) is 18.8 Å². The Morgan fingerprint density at radius 3 is 2.65 bits per heavy atom. The van der Waals surface area contributed by atoms with E-state index in [1.807, 2.05) is 37.4 Å². The van der Waals surface area contributed by atoms with Gasteiger partial charge in [-0.25, -0.2) is 9.18 Å². The number of rotatable bonds is 6. The summed E-state index contributed by atoms with van der Waals surface area (Å²) in [6.45, 7) is 3.22. The van der Waals surface area contributed by atoms with E-state index in [0.717, 1.165) is 27.1 Å². The molecule has 2 aromatic heterocycles. The van der Waals surface area contributed by atoms with Crippen molar-refractivity contribution < 1.29 is 18.8 Å². The van der Waals surface area contributed by atoms with Gasteiger partial charge >= 0.3 is 6.03 Å². The lowest BCUT2D eigenvalue weighted by Crippen LogP contribution is -2.36. The molecule has 3 amide bonds. The first-order valence-corrected chi connectivity index (χ1v) is 11.0. The summed E-state index contributed by atoms with van der Waals surface area (Å²) >= 11 is 0. The summed E-state index contributed by atoms with van der Waals surface area (Å²) in [5.41, 5.74) is 4.23. The number of carbonyl (C=O) groups is 3. The Morgan fingerprint density at radius 2 is 1.85 bits per heavy atom. The highest BCUT2D eigenvalue weighted by Crippen LogP contribution is 2.24. The van der Waals surface area contributed by atoms with Crippen molar-refractivity contribution in [2.24, 2.45) is 0 Å². The zero-order chi connectivity index (χ0) is 24.0. The quantitative estimate of drug-likeness (QED) is 0.337. The summed E-state index contributed by atoms with van der Waals surface area (Å²) < 4.78 is 15.5. The van der Waals surface area contributed by atoms with Crippen molar-refractivity contribution in [2.75, 3.05) is 6.54 Å². The van der Waals surface area contributed by atoms with E-state index in [1.54, 1.807) is 29.7 Å². The van der Waals surface area contributed by atoms with Crippen molar-refractivity contribution in [3.63, 3.8) is 0 Å². The van der Waals surface area contributed by atoms with Crippen LogP contribution in [0.5, 0.6) is 0 Å². The van der Waals surface area contributed by atoms with Gasteiger partial charge in [0, 0.05) is 46.2 Å². The normalized spacial score (nSPS) is 15.9. The average Bonchev–Trinajstić information content (AvgIpc) is 3.44. The maximum absolute atomic E-state index is 13.7. The van der Waals surface area contributed by atoms with Crippen LogP contribution in [0.25, 0.3) is 16.6 Å². The lowest BCUT2D eigenvalue weighted by Gasteiger charge is -2.13. The Morgan fingerprint density at radius 1 is 1.06 bits per heavy atom. The van der Waals surface area contributed by atoms with Gasteiger partial charge in [0.1, 0.15) is 11.9 Å². The number of aromatic nitrogens is 2. The number of Topliss-reactive ketones (excluding diaryl/α,β-unsaturated/α-hetero) is 1. The molecule has 34 heavy (non-hydrogen) atoms. The van der Waals surface area contributed by atoms with Gasteiger partial charge in [-0.1, -0.05) is 24.3 Å². The van der Waals surface area contributed by atoms with Crippen molar-refractivity contribution in [1.82, 2.24) is 19.8 Å². The molecule has 2 aromatic carbocycles. The Hall–Kier alpha value is -4.20. The van der Waals surface area contributed by atoms with Crippen molar-refractivity contribution in [3.05, 3.63) is 89.1 Å². The fourth-order valence-electron chi connectivity index (χ4n) is 4.67. The molecular formula is C26H23FN4O3. The maximum atomic E-state index is 13.7. The summed E-state index contributed by atoms with van der Waals surface area (Å²) in [5, 5.41) is 3.69. The number of aryl methyl sites for hydroxylation is 1. The molecule has 4 aromatic rings. The molecule has 1 fully saturated rings. The van der Waals surface area contributed by atoms with Gasteiger partial charge in [-0.3, -0.25) is 14.5 Å². The van der Waals surface area contributed by atoms with Gasteiger partial charge in [0.15, 0.2) is 5.78 Å². The van der Waals surface area contributed by atoms with Crippen LogP contribution in [0.4, 0.5) is 9.18 Å². The number of para-hydroxylation sites is 1. The highest BCUT2D eigenvalue weighted by molar-refractivity contribution is 6.09. The number of nitrogens with one attached hydrogen (secondary N) is 2. The number of hydrogen-bond donors (Lipinski definition) is 2. The minimum absolute atomic E-state index is 0.327. The molecule has 1 aliphatic heterocycles. The van der Waals surface area contributed by atoms with Crippen LogP contribution in [0.15, 0.2) is 60.8 Å². The summed E-state index contributed by atoms with van der Waals surface area (Å²) in [7, 11) is 0. The summed E-state index contributed by atoms with van der Waals surface area (Å²) in [5.74, 6) is -1.16. The number of ketones is 1. The van der Waals surface area contributed by atoms with Crippen LogP contribution >= 0.6 is 0 Å². The van der Waals surface area contributed by atoms with Gasteiger partial charge < -0.3 is 14.9 Å². The van der Waals surface area contributed by atoms with Crippen LogP contribution in [-0.2, 0) is 11.2 Å². The number of hydrogen-bond acceptors (Lipinski definition) is 3. The Kier molecular flexibility index (Phi) is 5.28. The summed E-state index contributed by atoms with van der Waals surface area (Å²) in [6, 6.07) is 14.2. The van der Waals surface area contributed by atoms with Crippen molar-refractivity contribution in [1.29, 1.82) is 0 Å². The standard InChI is InChI=1S/C26H23FN4O3/c1-15-10-21(16(2)31(15)19-7-5-6-18(27)12-19)24(32)14-30-25(33)23(29-26(30)34)11-17-13-28-22-9-4-3-8-20(17)22/h3-10,12-13,23,28H,11,14H2,1-2H3,(H,29,34)/t23-/m0/s1. The molecule has 0 unspecified atom stereocenters. The topological polar surface area (TPSA) is 87.2 Å². The molecule has 0 bridgehead atoms. The smallest absolute Gasteiger partial charge is 0.325 e. The fourth-order valence-corrected chi connectivity index (χ4v) is 4.67. The number of amides is 3. The molecule has 3 heterocycles. The Balaban J connectivity index is 1.34. The molecule has 0 radical (unpaired) electrons. The van der Waals surface area contributed by atoms with Gasteiger partial charge in [-0.2, -0.15) is 0 Å². The maximum Gasteiger partial charge on any atom is 0.325 e. The third-order valence-corrected chi connectivity index (χ3v) is 6.31. The van der Waals surface area contributed by atoms with E-state index in [1.165, 1.54) is 12.1 Å². The highest BCUT2D eigenvalue weighted by Gasteiger charge is 2.39. The van der Waals surface area contributed by atoms with E-state index in [0.29, 0.717) is 23.4 Å². The number of benzene rings is 2. The van der Waals surface area contributed by atoms with Crippen molar-refractivity contribution >= 4 is 28.6 Å². The number of halogens is 1. The third kappa shape index (κ3) is 3.67. The van der Waals surface area contributed by atoms with E-state index >= 15 is 0 Å². The van der Waals surface area contributed by atoms with Gasteiger partial charge in [0.05, 0.1) is 6.54 Å². The molecule has 0 saturated carbocycles. The summed E-state index contributed by atoms with van der Waals surface area (Å²) in [6.07, 6.45) is 2.16. The molecule has 5 rings (SSSR count). The molecule has 7 nitrogen and oxygen atoms in total. The first-order valence-electron chi connectivity index (χ1n) is 11.0. The average molecular weight is 458 g/mol. The van der Waals surface area contributed by atoms with Crippen LogP contribution in [0.2, 0.25) is 0 Å². The third-order valence-electron chi connectivity index (χ3n) is 6.31. The van der Waals surface area contributed by atoms with E-state index in [2.05, 4.69) is 10.3 Å². The molecule has 172 valence electrons. The molecular weight excluding hydrogens is 435 g/mol. The van der Waals surface area contributed by atoms with E-state index < -0.39 is 18.0 Å². The van der Waals surface area contributed by atoms with Crippen molar-refractivity contribution in [3.8, 4) is 5.69 Å². The van der Waals surface area contributed by atoms with Crippen LogP contribution < -0.4 is 5.32 Å². The Bertz CT molecular complexity index is 1450. The van der Waals surface area contributed by atoms with Gasteiger partial charge in [0.25, 0.3) is 5.91 Å². The number of fused-ring (bicyclic) bond motifs is 1. The molecule has 0 spiro atoms. The van der Waals surface area contributed by atoms with Gasteiger partial charge in [0.2, 0.25) is 0 Å². The minimum Gasteiger partial charge on any atom is -0.361 e. The summed E-state index contributed by atoms with van der Waals surface area (Å²) in [4.78, 5) is 42.8. The van der Waals surface area contributed by atoms with Gasteiger partial charge in [-0.15, -0.1) is 0 Å². The van der Waals surface area contributed by atoms with Crippen LogP contribution in [-0.4, -0.2) is 44.8 Å². The second-order valence-corrected chi connectivity index (χ2v) is 8.51. The molecule has 1 atom stereocenters. The number of carbonyl (C=O) groups excluding carboxylic acids is 3. The first kappa shape index (κ1) is 21.6. The van der Waals surface area contributed by atoms with Crippen molar-refractivity contribution in [2.45, 2.75) is 26.3 Å². The van der Waals surface area contributed by atoms with Crippen LogP contribution in [0, 0.1) is 19.7 Å². The molecule has 2 N–H and O–H groups in total. The van der Waals surface area contributed by atoms with E-state index in [4.69, 9.17) is 0 Å². The zero-order valence-electron chi connectivity index (χ0n) is 18.8. The lowest BCUT2D eigenvalue weighted by atomic mass is 10.0. The van der Waals surface area contributed by atoms with Gasteiger partial charge in [-0.05, 0) is 49.7 Å². The van der Waals surface area contributed by atoms with E-state index in [-0.39, 0.29) is 18.1 Å². The minimum atomic E-state index is -0.737. The second kappa shape index (κ2) is 8.30. The number of nitrogens with zero attached hydrogens (tertiary/aromatic N) is 2. The number of urea groups is 1. The number of aromatic amines is 1. The fraction of sp³-hybridized carbons (Fsp3) is 0.192. The predicted molar refractivity (Wildman–Crippen MR) is 126 cm³/mol. The second-order valence-electron chi connectivity index (χ2n) is 8.51. The number of H-pyrrole nitrogens is 1. The monoisotopic (exact) mass is 458 g/mol. The molecule has 8 heteroatoms. The highest BCUT2D eigenvalue weighted by atomic mass is 19.1. The predicted octanol–water partition coefficient (Wildman–Crippen LogP) is 4.06. The SMILES string of the molecule is Cc1cc(C(=O)CN2C(=O)N[C@@H](Cc3c[nH]c4ccccc34)C2=O)c(C)n1-c1cccc(F)c1. The zero-order valence-corrected chi connectivity index (χ0v) is 18.8. The molecule has 0 aliphatic carbocycles. The lowest BCUT2D eigenvalue weighted by molar-refractivity contribution is -0.127.